The third kappa shape index (κ3) is 1.55. The molecule has 0 radical (unpaired) electrons. The van der Waals surface area contributed by atoms with Crippen LogP contribution in [0.4, 0.5) is 5.13 Å². The summed E-state index contributed by atoms with van der Waals surface area (Å²) in [5, 5.41) is 12.2. The molecule has 1 aromatic heterocycles. The van der Waals surface area contributed by atoms with Crippen molar-refractivity contribution in [2.45, 2.75) is 13.3 Å². The molecule has 4 nitrogen and oxygen atoms in total. The van der Waals surface area contributed by atoms with Crippen LogP contribution in [-0.4, -0.2) is 23.1 Å². The van der Waals surface area contributed by atoms with E-state index >= 15 is 0 Å². The molecule has 12 heavy (non-hydrogen) atoms. The number of thiazole rings is 1. The van der Waals surface area contributed by atoms with E-state index in [1.807, 2.05) is 6.92 Å². The molecule has 0 amide bonds. The summed E-state index contributed by atoms with van der Waals surface area (Å²) in [6.07, 6.45) is 0.653. The number of nitrogens with one attached hydrogen (secondary N) is 1. The molecule has 66 valence electrons. The van der Waals surface area contributed by atoms with Crippen LogP contribution in [0.3, 0.4) is 0 Å². The van der Waals surface area contributed by atoms with Crippen LogP contribution in [0.5, 0.6) is 0 Å². The molecule has 1 heterocycles. The fourth-order valence-corrected chi connectivity index (χ4v) is 1.71. The quantitative estimate of drug-likeness (QED) is 0.750. The first kappa shape index (κ1) is 8.99. The molecular weight excluding hydrogens is 176 g/mol. The zero-order valence-electron chi connectivity index (χ0n) is 6.92. The minimum atomic E-state index is -0.897. The minimum absolute atomic E-state index is 0.335. The first-order valence-corrected chi connectivity index (χ1v) is 4.41. The Hall–Kier alpha value is -1.10. The molecule has 0 aliphatic heterocycles. The van der Waals surface area contributed by atoms with E-state index in [0.29, 0.717) is 22.1 Å². The van der Waals surface area contributed by atoms with Gasteiger partial charge in [-0.05, 0) is 6.42 Å². The van der Waals surface area contributed by atoms with Crippen molar-refractivity contribution in [1.29, 1.82) is 0 Å². The molecule has 0 aromatic carbocycles. The molecule has 0 atom stereocenters. The number of carbonyl (C=O) groups is 1. The Balaban J connectivity index is 3.08. The molecule has 0 saturated carbocycles. The number of aromatic carboxylic acids is 1. The Kier molecular flexibility index (Phi) is 2.65. The highest BCUT2D eigenvalue weighted by Crippen LogP contribution is 2.22. The van der Waals surface area contributed by atoms with Crippen LogP contribution < -0.4 is 5.32 Å². The van der Waals surface area contributed by atoms with Gasteiger partial charge in [-0.2, -0.15) is 0 Å². The van der Waals surface area contributed by atoms with Crippen LogP contribution in [0.1, 0.15) is 22.3 Å². The smallest absolute Gasteiger partial charge is 0.347 e. The first-order chi connectivity index (χ1) is 5.69. The summed E-state index contributed by atoms with van der Waals surface area (Å²) in [7, 11) is 1.73. The van der Waals surface area contributed by atoms with Gasteiger partial charge in [0.05, 0.1) is 5.69 Å². The minimum Gasteiger partial charge on any atom is -0.477 e. The second-order valence-corrected chi connectivity index (χ2v) is 3.20. The van der Waals surface area contributed by atoms with Crippen LogP contribution >= 0.6 is 11.3 Å². The maximum atomic E-state index is 10.7. The summed E-state index contributed by atoms with van der Waals surface area (Å²) in [5.41, 5.74) is 0.650. The molecule has 2 N–H and O–H groups in total. The molecule has 0 saturated heterocycles. The Morgan fingerprint density at radius 3 is 2.75 bits per heavy atom. The second kappa shape index (κ2) is 3.53. The van der Waals surface area contributed by atoms with Gasteiger partial charge in [0.1, 0.15) is 4.88 Å². The SMILES string of the molecule is CCc1nc(NC)sc1C(=O)O. The van der Waals surface area contributed by atoms with Crippen molar-refractivity contribution in [3.05, 3.63) is 10.6 Å². The molecule has 0 unspecified atom stereocenters. The summed E-state index contributed by atoms with van der Waals surface area (Å²) in [5.74, 6) is -0.897. The van der Waals surface area contributed by atoms with Crippen molar-refractivity contribution < 1.29 is 9.90 Å². The van der Waals surface area contributed by atoms with Crippen LogP contribution in [0, 0.1) is 0 Å². The fourth-order valence-electron chi connectivity index (χ4n) is 0.865. The standard InChI is InChI=1S/C7H10N2O2S/c1-3-4-5(6(10)11)12-7(8-2)9-4/h3H2,1-2H3,(H,8,9)(H,10,11). The molecule has 0 aliphatic rings. The average Bonchev–Trinajstić information content (AvgIpc) is 2.47. The number of aromatic nitrogens is 1. The van der Waals surface area contributed by atoms with Gasteiger partial charge in [-0.3, -0.25) is 0 Å². The van der Waals surface area contributed by atoms with Crippen molar-refractivity contribution in [1.82, 2.24) is 4.98 Å². The molecular formula is C7H10N2O2S. The van der Waals surface area contributed by atoms with E-state index in [2.05, 4.69) is 10.3 Å². The third-order valence-electron chi connectivity index (χ3n) is 1.44. The molecule has 5 heteroatoms. The van der Waals surface area contributed by atoms with Crippen molar-refractivity contribution in [2.75, 3.05) is 12.4 Å². The third-order valence-corrected chi connectivity index (χ3v) is 2.54. The number of carboxylic acid groups (broad SMARTS) is 1. The van der Waals surface area contributed by atoms with E-state index in [0.717, 1.165) is 0 Å². The fraction of sp³-hybridized carbons (Fsp3) is 0.429. The molecule has 0 fully saturated rings. The van der Waals surface area contributed by atoms with E-state index in [4.69, 9.17) is 5.11 Å². The largest absolute Gasteiger partial charge is 0.477 e. The van der Waals surface area contributed by atoms with Crippen molar-refractivity contribution >= 4 is 22.4 Å². The van der Waals surface area contributed by atoms with E-state index in [1.165, 1.54) is 11.3 Å². The van der Waals surface area contributed by atoms with Crippen molar-refractivity contribution in [3.8, 4) is 0 Å². The number of nitrogens with zero attached hydrogens (tertiary/aromatic N) is 1. The molecule has 0 aliphatic carbocycles. The van der Waals surface area contributed by atoms with E-state index in [9.17, 15) is 4.79 Å². The van der Waals surface area contributed by atoms with E-state index < -0.39 is 5.97 Å². The number of rotatable bonds is 3. The predicted octanol–water partition coefficient (Wildman–Crippen LogP) is 1.45. The normalized spacial score (nSPS) is 9.83. The summed E-state index contributed by atoms with van der Waals surface area (Å²) < 4.78 is 0. The van der Waals surface area contributed by atoms with Crippen molar-refractivity contribution in [2.24, 2.45) is 0 Å². The van der Waals surface area contributed by atoms with Gasteiger partial charge in [-0.1, -0.05) is 18.3 Å². The monoisotopic (exact) mass is 186 g/mol. The maximum absolute atomic E-state index is 10.7. The molecule has 0 spiro atoms. The highest BCUT2D eigenvalue weighted by molar-refractivity contribution is 7.17. The lowest BCUT2D eigenvalue weighted by Crippen LogP contribution is -1.97. The van der Waals surface area contributed by atoms with Gasteiger partial charge in [0.15, 0.2) is 5.13 Å². The van der Waals surface area contributed by atoms with Crippen LogP contribution in [0.15, 0.2) is 0 Å². The van der Waals surface area contributed by atoms with Gasteiger partial charge in [0.25, 0.3) is 0 Å². The highest BCUT2D eigenvalue weighted by Gasteiger charge is 2.14. The van der Waals surface area contributed by atoms with Crippen LogP contribution in [-0.2, 0) is 6.42 Å². The Labute approximate surface area is 74.3 Å². The number of hydrogen-bond donors (Lipinski definition) is 2. The Morgan fingerprint density at radius 2 is 2.42 bits per heavy atom. The summed E-state index contributed by atoms with van der Waals surface area (Å²) in [4.78, 5) is 15.1. The lowest BCUT2D eigenvalue weighted by atomic mass is 10.3. The van der Waals surface area contributed by atoms with Gasteiger partial charge < -0.3 is 10.4 Å². The van der Waals surface area contributed by atoms with E-state index in [1.54, 1.807) is 7.05 Å². The summed E-state index contributed by atoms with van der Waals surface area (Å²) in [6, 6.07) is 0. The van der Waals surface area contributed by atoms with Crippen LogP contribution in [0.25, 0.3) is 0 Å². The molecule has 0 bridgehead atoms. The number of anilines is 1. The zero-order chi connectivity index (χ0) is 9.14. The topological polar surface area (TPSA) is 62.2 Å². The number of aryl methyl sites for hydroxylation is 1. The Bertz CT molecular complexity index is 296. The van der Waals surface area contributed by atoms with Gasteiger partial charge in [-0.25, -0.2) is 9.78 Å². The summed E-state index contributed by atoms with van der Waals surface area (Å²) >= 11 is 1.17. The predicted molar refractivity (Wildman–Crippen MR) is 48.0 cm³/mol. The van der Waals surface area contributed by atoms with Gasteiger partial charge in [0.2, 0.25) is 0 Å². The molecule has 1 aromatic rings. The van der Waals surface area contributed by atoms with Crippen LogP contribution in [0.2, 0.25) is 0 Å². The average molecular weight is 186 g/mol. The van der Waals surface area contributed by atoms with E-state index in [-0.39, 0.29) is 0 Å². The van der Waals surface area contributed by atoms with Crippen molar-refractivity contribution in [3.63, 3.8) is 0 Å². The highest BCUT2D eigenvalue weighted by atomic mass is 32.1. The number of hydrogen-bond acceptors (Lipinski definition) is 4. The first-order valence-electron chi connectivity index (χ1n) is 3.59. The van der Waals surface area contributed by atoms with Gasteiger partial charge >= 0.3 is 5.97 Å². The number of carboxylic acids is 1. The van der Waals surface area contributed by atoms with Gasteiger partial charge in [-0.15, -0.1) is 0 Å². The zero-order valence-corrected chi connectivity index (χ0v) is 7.73. The maximum Gasteiger partial charge on any atom is 0.347 e. The Morgan fingerprint density at radius 1 is 1.75 bits per heavy atom. The lowest BCUT2D eigenvalue weighted by molar-refractivity contribution is 0.0701. The van der Waals surface area contributed by atoms with Gasteiger partial charge in [0, 0.05) is 7.05 Å². The molecule has 1 rings (SSSR count). The lowest BCUT2D eigenvalue weighted by Gasteiger charge is -1.89. The summed E-state index contributed by atoms with van der Waals surface area (Å²) in [6.45, 7) is 1.89. The second-order valence-electron chi connectivity index (χ2n) is 2.20.